The lowest BCUT2D eigenvalue weighted by atomic mass is 10.0. The zero-order chi connectivity index (χ0) is 22.4. The van der Waals surface area contributed by atoms with Crippen LogP contribution in [0.2, 0.25) is 0 Å². The van der Waals surface area contributed by atoms with Gasteiger partial charge in [0.25, 0.3) is 5.91 Å². The third kappa shape index (κ3) is 3.60. The van der Waals surface area contributed by atoms with Gasteiger partial charge in [0.1, 0.15) is 23.6 Å². The number of ether oxygens (including phenoxy) is 1. The molecule has 0 bridgehead atoms. The average molecular weight is 436 g/mol. The summed E-state index contributed by atoms with van der Waals surface area (Å²) in [4.78, 5) is 25.4. The van der Waals surface area contributed by atoms with Gasteiger partial charge in [-0.05, 0) is 42.8 Å². The van der Waals surface area contributed by atoms with Gasteiger partial charge in [0.05, 0.1) is 17.9 Å². The number of nitrogens with zero attached hydrogens (tertiary/aromatic N) is 4. The van der Waals surface area contributed by atoms with Crippen LogP contribution in [-0.4, -0.2) is 47.5 Å². The first-order chi connectivity index (χ1) is 15.4. The zero-order valence-electron chi connectivity index (χ0n) is 17.8. The number of aromatic nitrogens is 2. The Morgan fingerprint density at radius 2 is 1.97 bits per heavy atom. The fraction of sp³-hybridized carbons (Fsp3) is 0.292. The van der Waals surface area contributed by atoms with E-state index in [0.717, 1.165) is 17.3 Å². The van der Waals surface area contributed by atoms with E-state index >= 15 is 0 Å². The normalized spacial score (nSPS) is 18.2. The molecule has 1 saturated heterocycles. The van der Waals surface area contributed by atoms with E-state index in [0.29, 0.717) is 48.9 Å². The molecule has 164 valence electrons. The molecule has 6 nitrogen and oxygen atoms in total. The van der Waals surface area contributed by atoms with Crippen molar-refractivity contribution >= 4 is 11.7 Å². The summed E-state index contributed by atoms with van der Waals surface area (Å²) in [5.74, 6) is -0.922. The number of amides is 1. The number of carbonyl (C=O) groups excluding carboxylic acids is 1. The number of benzene rings is 1. The van der Waals surface area contributed by atoms with Gasteiger partial charge in [-0.1, -0.05) is 0 Å². The number of pyridine rings is 2. The number of rotatable bonds is 3. The number of aryl methyl sites for hydroxylation is 1. The number of hydrogen-bond acceptors (Lipinski definition) is 5. The van der Waals surface area contributed by atoms with Crippen molar-refractivity contribution in [3.05, 3.63) is 76.6 Å². The monoisotopic (exact) mass is 436 g/mol. The molecule has 2 aromatic heterocycles. The van der Waals surface area contributed by atoms with Crippen molar-refractivity contribution in [1.29, 1.82) is 0 Å². The number of hydrogen-bond donors (Lipinski definition) is 0. The summed E-state index contributed by atoms with van der Waals surface area (Å²) in [6, 6.07) is 9.11. The van der Waals surface area contributed by atoms with E-state index in [1.807, 2.05) is 24.0 Å². The van der Waals surface area contributed by atoms with Crippen molar-refractivity contribution in [2.45, 2.75) is 19.6 Å². The number of morpholine rings is 1. The first kappa shape index (κ1) is 20.5. The summed E-state index contributed by atoms with van der Waals surface area (Å²) >= 11 is 0. The molecule has 0 spiro atoms. The molecule has 2 aliphatic heterocycles. The number of carbonyl (C=O) groups is 1. The summed E-state index contributed by atoms with van der Waals surface area (Å²) in [5, 5.41) is 0. The summed E-state index contributed by atoms with van der Waals surface area (Å²) in [7, 11) is 1.70. The van der Waals surface area contributed by atoms with Crippen LogP contribution in [0.15, 0.2) is 42.6 Å². The van der Waals surface area contributed by atoms with E-state index in [1.54, 1.807) is 24.2 Å². The second-order valence-corrected chi connectivity index (χ2v) is 8.18. The molecule has 8 heteroatoms. The fourth-order valence-corrected chi connectivity index (χ4v) is 4.32. The maximum Gasteiger partial charge on any atom is 0.254 e. The van der Waals surface area contributed by atoms with Gasteiger partial charge in [-0.3, -0.25) is 9.78 Å². The molecule has 2 aliphatic rings. The van der Waals surface area contributed by atoms with Crippen LogP contribution in [0, 0.1) is 18.6 Å². The van der Waals surface area contributed by atoms with Crippen LogP contribution in [-0.2, 0) is 11.3 Å². The van der Waals surface area contributed by atoms with Gasteiger partial charge in [-0.2, -0.15) is 0 Å². The Hall–Kier alpha value is -3.39. The maximum atomic E-state index is 14.7. The lowest BCUT2D eigenvalue weighted by Gasteiger charge is -2.34. The van der Waals surface area contributed by atoms with E-state index in [4.69, 9.17) is 9.72 Å². The van der Waals surface area contributed by atoms with E-state index in [2.05, 4.69) is 4.98 Å². The van der Waals surface area contributed by atoms with Gasteiger partial charge in [0.15, 0.2) is 0 Å². The Bertz CT molecular complexity index is 1220. The van der Waals surface area contributed by atoms with Crippen molar-refractivity contribution in [2.75, 3.05) is 31.6 Å². The molecule has 0 N–H and O–H groups in total. The van der Waals surface area contributed by atoms with Crippen molar-refractivity contribution in [3.8, 4) is 11.3 Å². The topological polar surface area (TPSA) is 58.6 Å². The number of halogens is 2. The molecule has 5 rings (SSSR count). The molecule has 0 radical (unpaired) electrons. The Morgan fingerprint density at radius 3 is 2.75 bits per heavy atom. The van der Waals surface area contributed by atoms with Crippen LogP contribution in [0.1, 0.15) is 33.3 Å². The second kappa shape index (κ2) is 7.94. The third-order valence-electron chi connectivity index (χ3n) is 5.95. The Balaban J connectivity index is 1.57. The minimum Gasteiger partial charge on any atom is -0.370 e. The molecule has 4 heterocycles. The zero-order valence-corrected chi connectivity index (χ0v) is 17.8. The summed E-state index contributed by atoms with van der Waals surface area (Å²) in [6.07, 6.45) is 1.58. The van der Waals surface area contributed by atoms with E-state index in [9.17, 15) is 13.6 Å². The predicted molar refractivity (Wildman–Crippen MR) is 115 cm³/mol. The highest BCUT2D eigenvalue weighted by Crippen LogP contribution is 2.36. The highest BCUT2D eigenvalue weighted by atomic mass is 19.1. The molecule has 32 heavy (non-hydrogen) atoms. The van der Waals surface area contributed by atoms with Gasteiger partial charge in [0, 0.05) is 55.8 Å². The van der Waals surface area contributed by atoms with Crippen molar-refractivity contribution in [1.82, 2.24) is 14.9 Å². The van der Waals surface area contributed by atoms with E-state index in [1.165, 1.54) is 12.1 Å². The van der Waals surface area contributed by atoms with Crippen molar-refractivity contribution in [3.63, 3.8) is 0 Å². The minimum absolute atomic E-state index is 0.137. The minimum atomic E-state index is -0.703. The van der Waals surface area contributed by atoms with Gasteiger partial charge >= 0.3 is 0 Å². The first-order valence-electron chi connectivity index (χ1n) is 10.4. The van der Waals surface area contributed by atoms with Crippen molar-refractivity contribution < 1.29 is 18.3 Å². The van der Waals surface area contributed by atoms with E-state index in [-0.39, 0.29) is 17.6 Å². The highest BCUT2D eigenvalue weighted by molar-refractivity contribution is 6.00. The van der Waals surface area contributed by atoms with Gasteiger partial charge in [-0.15, -0.1) is 0 Å². The van der Waals surface area contributed by atoms with Crippen LogP contribution in [0.4, 0.5) is 14.6 Å². The lowest BCUT2D eigenvalue weighted by Crippen LogP contribution is -2.39. The smallest absolute Gasteiger partial charge is 0.254 e. The van der Waals surface area contributed by atoms with E-state index < -0.39 is 11.6 Å². The van der Waals surface area contributed by atoms with Crippen LogP contribution >= 0.6 is 0 Å². The second-order valence-electron chi connectivity index (χ2n) is 8.18. The molecule has 0 aliphatic carbocycles. The standard InChI is InChI=1S/C24H22F2N4O2/c1-14-9-15(5-6-27-14)21-13-30(7-8-32-21)22-11-18-19(12-29(2)24(18)31)23(28-22)17-4-3-16(25)10-20(17)26/h3-6,9-11,21H,7-8,12-13H2,1-2H3/t21-/m1/s1. The summed E-state index contributed by atoms with van der Waals surface area (Å²) < 4.78 is 34.2. The maximum absolute atomic E-state index is 14.7. The quantitative estimate of drug-likeness (QED) is 0.624. The molecule has 1 atom stereocenters. The van der Waals surface area contributed by atoms with Crippen LogP contribution in [0.5, 0.6) is 0 Å². The Labute approximate surface area is 184 Å². The van der Waals surface area contributed by atoms with Crippen LogP contribution < -0.4 is 4.90 Å². The Kier molecular flexibility index (Phi) is 5.09. The Morgan fingerprint density at radius 1 is 1.12 bits per heavy atom. The molecule has 0 unspecified atom stereocenters. The molecular formula is C24H22F2N4O2. The lowest BCUT2D eigenvalue weighted by molar-refractivity contribution is 0.0394. The number of fused-ring (bicyclic) bond motifs is 1. The largest absolute Gasteiger partial charge is 0.370 e. The molecule has 1 fully saturated rings. The summed E-state index contributed by atoms with van der Waals surface area (Å²) in [6.45, 7) is 3.86. The van der Waals surface area contributed by atoms with Gasteiger partial charge in [0.2, 0.25) is 0 Å². The molecule has 0 saturated carbocycles. The van der Waals surface area contributed by atoms with Gasteiger partial charge in [-0.25, -0.2) is 13.8 Å². The predicted octanol–water partition coefficient (Wildman–Crippen LogP) is 3.89. The van der Waals surface area contributed by atoms with Crippen molar-refractivity contribution in [2.24, 2.45) is 0 Å². The average Bonchev–Trinajstić information content (AvgIpc) is 3.07. The first-order valence-corrected chi connectivity index (χ1v) is 10.4. The molecule has 1 amide bonds. The fourth-order valence-electron chi connectivity index (χ4n) is 4.32. The molecule has 1 aromatic carbocycles. The number of anilines is 1. The molecular weight excluding hydrogens is 414 g/mol. The highest BCUT2D eigenvalue weighted by Gasteiger charge is 2.32. The summed E-state index contributed by atoms with van der Waals surface area (Å²) in [5.41, 5.74) is 3.63. The third-order valence-corrected chi connectivity index (χ3v) is 5.95. The van der Waals surface area contributed by atoms with Crippen LogP contribution in [0.3, 0.4) is 0 Å². The SMILES string of the molecule is Cc1cc([C@H]2CN(c3cc4c(c(-c5ccc(F)cc5F)n3)CN(C)C4=O)CCO2)ccn1. The molecule has 3 aromatic rings. The van der Waals surface area contributed by atoms with Gasteiger partial charge < -0.3 is 14.5 Å². The van der Waals surface area contributed by atoms with Crippen LogP contribution in [0.25, 0.3) is 11.3 Å².